The monoisotopic (exact) mass is 646 g/mol. The van der Waals surface area contributed by atoms with Crippen LogP contribution < -0.4 is 21.7 Å². The zero-order chi connectivity index (χ0) is 32.9. The molecule has 1 unspecified atom stereocenters. The van der Waals surface area contributed by atoms with Crippen LogP contribution in [0.4, 0.5) is 15.3 Å². The Morgan fingerprint density at radius 2 is 1.61 bits per heavy atom. The van der Waals surface area contributed by atoms with Crippen molar-refractivity contribution < 1.29 is 30.1 Å². The molecule has 1 atom stereocenters. The highest BCUT2D eigenvalue weighted by atomic mass is 32.3. The summed E-state index contributed by atoms with van der Waals surface area (Å²) in [5.74, 6) is -0.679. The molecule has 1 aliphatic rings. The maximum absolute atomic E-state index is 13.4. The number of carbonyl (C=O) groups excluding carboxylic acids is 1. The minimum atomic E-state index is -4.82. The van der Waals surface area contributed by atoms with E-state index in [1.807, 2.05) is 69.3 Å². The summed E-state index contributed by atoms with van der Waals surface area (Å²) >= 11 is 0. The molecule has 12 nitrogen and oxygen atoms in total. The van der Waals surface area contributed by atoms with Crippen LogP contribution in [0.25, 0.3) is 0 Å². The summed E-state index contributed by atoms with van der Waals surface area (Å²) < 4.78 is 62.4. The number of nitrogens with one attached hydrogen (secondary N) is 1. The maximum atomic E-state index is 13.4. The Morgan fingerprint density at radius 3 is 2.11 bits per heavy atom. The number of carbonyl (C=O) groups is 1. The molecule has 15 heteroatoms. The number of nitrogens with zero attached hydrogens (tertiary/aromatic N) is 3. The Hall–Kier alpha value is -4.34. The quantitative estimate of drug-likeness (QED) is 0.208. The highest BCUT2D eigenvalue weighted by Gasteiger charge is 2.33. The van der Waals surface area contributed by atoms with Gasteiger partial charge >= 0.3 is 10.2 Å². The number of benzene rings is 3. The molecule has 0 saturated carbocycles. The first-order valence-electron chi connectivity index (χ1n) is 13.4. The Balaban J connectivity index is 0.000000801. The van der Waals surface area contributed by atoms with Gasteiger partial charge in [0.05, 0.1) is 16.6 Å². The maximum Gasteiger partial charge on any atom is 0.332 e. The first kappa shape index (κ1) is 34.2. The van der Waals surface area contributed by atoms with E-state index in [1.165, 1.54) is 19.1 Å². The lowest BCUT2D eigenvalue weighted by molar-refractivity contribution is -0.117. The molecule has 0 aromatic heterocycles. The van der Waals surface area contributed by atoms with E-state index in [0.29, 0.717) is 12.1 Å². The number of nitrogens with two attached hydrogens (primary N) is 2. The van der Waals surface area contributed by atoms with E-state index in [2.05, 4.69) is 15.3 Å². The number of anilines is 2. The van der Waals surface area contributed by atoms with Gasteiger partial charge in [0, 0.05) is 11.4 Å². The third-order valence-electron chi connectivity index (χ3n) is 6.56. The van der Waals surface area contributed by atoms with E-state index in [4.69, 9.17) is 16.0 Å². The lowest BCUT2D eigenvalue weighted by atomic mass is 9.90. The molecular formula is C29H35FN6O6S2. The normalized spacial score (nSPS) is 15.3. The predicted molar refractivity (Wildman–Crippen MR) is 169 cm³/mol. The van der Waals surface area contributed by atoms with Gasteiger partial charge in [-0.1, -0.05) is 42.0 Å². The number of halogens is 1. The van der Waals surface area contributed by atoms with Crippen LogP contribution >= 0.6 is 0 Å². The van der Waals surface area contributed by atoms with Gasteiger partial charge in [-0.3, -0.25) is 14.2 Å². The Morgan fingerprint density at radius 1 is 1.02 bits per heavy atom. The van der Waals surface area contributed by atoms with Crippen molar-refractivity contribution in [2.75, 3.05) is 16.0 Å². The van der Waals surface area contributed by atoms with Gasteiger partial charge in [-0.05, 0) is 81.6 Å². The van der Waals surface area contributed by atoms with Crippen LogP contribution in [-0.2, 0) is 31.6 Å². The van der Waals surface area contributed by atoms with E-state index < -0.39 is 36.8 Å². The van der Waals surface area contributed by atoms with Gasteiger partial charge in [-0.25, -0.2) is 4.99 Å². The Kier molecular flexibility index (Phi) is 10.5. The van der Waals surface area contributed by atoms with Crippen molar-refractivity contribution in [3.05, 3.63) is 89.5 Å². The van der Waals surface area contributed by atoms with Crippen molar-refractivity contribution in [3.8, 4) is 0 Å². The van der Waals surface area contributed by atoms with Crippen molar-refractivity contribution in [3.63, 3.8) is 0 Å². The zero-order valence-electron chi connectivity index (χ0n) is 24.6. The number of rotatable bonds is 8. The topological polar surface area (TPSA) is 198 Å². The summed E-state index contributed by atoms with van der Waals surface area (Å²) in [7, 11) is -8.48. The Labute approximate surface area is 256 Å². The van der Waals surface area contributed by atoms with Crippen molar-refractivity contribution in [2.45, 2.75) is 50.6 Å². The van der Waals surface area contributed by atoms with Gasteiger partial charge in [-0.2, -0.15) is 21.8 Å². The molecule has 44 heavy (non-hydrogen) atoms. The molecule has 1 amide bonds. The molecular weight excluding hydrogens is 611 g/mol. The van der Waals surface area contributed by atoms with Crippen LogP contribution in [0.15, 0.2) is 87.7 Å². The van der Waals surface area contributed by atoms with Gasteiger partial charge < -0.3 is 16.8 Å². The van der Waals surface area contributed by atoms with E-state index in [-0.39, 0.29) is 23.6 Å². The van der Waals surface area contributed by atoms with Gasteiger partial charge in [-0.15, -0.1) is 3.89 Å². The fourth-order valence-corrected chi connectivity index (χ4v) is 4.91. The van der Waals surface area contributed by atoms with Crippen LogP contribution in [0.1, 0.15) is 43.4 Å². The van der Waals surface area contributed by atoms with Crippen molar-refractivity contribution in [2.24, 2.45) is 21.5 Å². The summed E-state index contributed by atoms with van der Waals surface area (Å²) in [6.07, 6.45) is 0.393. The third kappa shape index (κ3) is 9.33. The number of amides is 1. The summed E-state index contributed by atoms with van der Waals surface area (Å²) in [4.78, 5) is 23.2. The van der Waals surface area contributed by atoms with Crippen LogP contribution in [0.2, 0.25) is 0 Å². The lowest BCUT2D eigenvalue weighted by Gasteiger charge is -2.38. The second kappa shape index (κ2) is 13.5. The fraction of sp³-hybridized carbons (Fsp3) is 0.276. The van der Waals surface area contributed by atoms with Crippen molar-refractivity contribution >= 4 is 49.5 Å². The van der Waals surface area contributed by atoms with E-state index >= 15 is 0 Å². The van der Waals surface area contributed by atoms with E-state index in [1.54, 1.807) is 4.90 Å². The van der Waals surface area contributed by atoms with Crippen LogP contribution in [0.3, 0.4) is 0 Å². The van der Waals surface area contributed by atoms with Crippen LogP contribution in [0.5, 0.6) is 0 Å². The molecule has 0 saturated heterocycles. The van der Waals surface area contributed by atoms with Gasteiger partial charge in [0.25, 0.3) is 10.1 Å². The number of hydrogen-bond donors (Lipinski definition) is 4. The van der Waals surface area contributed by atoms with Crippen molar-refractivity contribution in [1.29, 1.82) is 0 Å². The van der Waals surface area contributed by atoms with Crippen LogP contribution in [0, 0.1) is 6.92 Å². The highest BCUT2D eigenvalue weighted by Crippen LogP contribution is 2.30. The molecule has 0 aliphatic carbocycles. The predicted octanol–water partition coefficient (Wildman–Crippen LogP) is 3.70. The number of aliphatic imine (C=N–C) groups is 2. The average molecular weight is 647 g/mol. The first-order valence-corrected chi connectivity index (χ1v) is 16.3. The molecule has 0 bridgehead atoms. The molecule has 3 aromatic carbocycles. The smallest absolute Gasteiger partial charge is 0.332 e. The lowest BCUT2D eigenvalue weighted by Crippen LogP contribution is -2.54. The molecule has 236 valence electrons. The highest BCUT2D eigenvalue weighted by molar-refractivity contribution is 7.86. The summed E-state index contributed by atoms with van der Waals surface area (Å²) in [5, 5.41) is 2.82. The second-order valence-electron chi connectivity index (χ2n) is 10.4. The number of guanidine groups is 2. The minimum absolute atomic E-state index is 0.119. The first-order chi connectivity index (χ1) is 20.4. The standard InChI is InChI=1S/C27H29FN6O3S.C2H6O3S/c1-17-5-4-6-19(15-17)23(24(35)31-20-9-13-22(14-10-20)38(28,36)37)16-18-7-11-21(12-8-18)34-26(30)32-25(29)33-27(34,2)3;1-2-6(3,4)5/h4-15,23H,16H2,1-3H3,(H,31,35)(H4,29,30,32,33);2H2,1H3,(H,3,4,5). The molecule has 0 fully saturated rings. The van der Waals surface area contributed by atoms with E-state index in [9.17, 15) is 25.5 Å². The summed E-state index contributed by atoms with van der Waals surface area (Å²) in [6, 6.07) is 20.2. The fourth-order valence-electron chi connectivity index (χ4n) is 4.45. The van der Waals surface area contributed by atoms with Crippen molar-refractivity contribution in [1.82, 2.24) is 0 Å². The average Bonchev–Trinajstić information content (AvgIpc) is 2.91. The molecule has 3 aromatic rings. The molecule has 1 aliphatic heterocycles. The third-order valence-corrected chi connectivity index (χ3v) is 8.12. The van der Waals surface area contributed by atoms with Gasteiger partial charge in [0.15, 0.2) is 0 Å². The summed E-state index contributed by atoms with van der Waals surface area (Å²) in [5.41, 5.74) is 15.1. The molecule has 4 rings (SSSR count). The molecule has 6 N–H and O–H groups in total. The largest absolute Gasteiger partial charge is 0.369 e. The number of aryl methyl sites for hydroxylation is 1. The summed E-state index contributed by atoms with van der Waals surface area (Å²) in [6.45, 7) is 7.08. The SMILES string of the molecule is CCS(=O)(=O)O.Cc1cccc(C(Cc2ccc(N3C(N)=NC(N)=NC3(C)C)cc2)C(=O)Nc2ccc(S(=O)(=O)F)cc2)c1. The minimum Gasteiger partial charge on any atom is -0.369 e. The van der Waals surface area contributed by atoms with Gasteiger partial charge in [0.1, 0.15) is 5.66 Å². The van der Waals surface area contributed by atoms with Crippen LogP contribution in [-0.4, -0.2) is 50.6 Å². The molecule has 0 radical (unpaired) electrons. The second-order valence-corrected chi connectivity index (χ2v) is 13.5. The molecule has 0 spiro atoms. The van der Waals surface area contributed by atoms with Gasteiger partial charge in [0.2, 0.25) is 17.8 Å². The Bertz CT molecular complexity index is 1780. The number of hydrogen-bond acceptors (Lipinski definition) is 10. The van der Waals surface area contributed by atoms with E-state index in [0.717, 1.165) is 34.5 Å². The zero-order valence-corrected chi connectivity index (χ0v) is 26.2. The molecule has 1 heterocycles.